The monoisotopic (exact) mass is 235 g/mol. The Labute approximate surface area is 101 Å². The van der Waals surface area contributed by atoms with E-state index in [0.29, 0.717) is 29.7 Å². The lowest BCUT2D eigenvalue weighted by Gasteiger charge is -2.15. The van der Waals surface area contributed by atoms with Crippen molar-refractivity contribution in [1.82, 2.24) is 0 Å². The van der Waals surface area contributed by atoms with Crippen molar-refractivity contribution in [2.45, 2.75) is 20.0 Å². The Bertz CT molecular complexity index is 440. The summed E-state index contributed by atoms with van der Waals surface area (Å²) >= 11 is 0. The summed E-state index contributed by atoms with van der Waals surface area (Å²) in [7, 11) is 1.59. The van der Waals surface area contributed by atoms with Crippen LogP contribution >= 0.6 is 0 Å². The normalized spacial score (nSPS) is 19.1. The third kappa shape index (κ3) is 2.35. The summed E-state index contributed by atoms with van der Waals surface area (Å²) in [6.45, 7) is 4.83. The third-order valence-electron chi connectivity index (χ3n) is 2.86. The number of hydrogen-bond acceptors (Lipinski definition) is 4. The van der Waals surface area contributed by atoms with E-state index < -0.39 is 0 Å². The molecule has 1 aromatic rings. The molecule has 4 heteroatoms. The van der Waals surface area contributed by atoms with Crippen LogP contribution in [0.1, 0.15) is 19.4 Å². The Balaban J connectivity index is 2.24. The molecule has 0 bridgehead atoms. The predicted molar refractivity (Wildman–Crippen MR) is 65.8 cm³/mol. The van der Waals surface area contributed by atoms with E-state index in [1.165, 1.54) is 0 Å². The van der Waals surface area contributed by atoms with Gasteiger partial charge in [-0.2, -0.15) is 0 Å². The summed E-state index contributed by atoms with van der Waals surface area (Å²) in [4.78, 5) is 4.32. The molecule has 1 N–H and O–H groups in total. The maximum atomic E-state index is 9.80. The van der Waals surface area contributed by atoms with Gasteiger partial charge in [0.05, 0.1) is 19.2 Å². The Morgan fingerprint density at radius 1 is 1.47 bits per heavy atom. The van der Waals surface area contributed by atoms with Crippen LogP contribution in [0.4, 0.5) is 0 Å². The highest BCUT2D eigenvalue weighted by molar-refractivity contribution is 5.98. The third-order valence-corrected chi connectivity index (χ3v) is 2.86. The minimum atomic E-state index is 0.0931. The summed E-state index contributed by atoms with van der Waals surface area (Å²) in [5.41, 5.74) is 0.590. The van der Waals surface area contributed by atoms with Crippen LogP contribution < -0.4 is 4.74 Å². The Hall–Kier alpha value is -1.71. The highest BCUT2D eigenvalue weighted by Crippen LogP contribution is 2.27. The molecule has 0 fully saturated rings. The van der Waals surface area contributed by atoms with Gasteiger partial charge >= 0.3 is 0 Å². The quantitative estimate of drug-likeness (QED) is 0.873. The van der Waals surface area contributed by atoms with Gasteiger partial charge < -0.3 is 14.6 Å². The van der Waals surface area contributed by atoms with E-state index in [9.17, 15) is 5.11 Å². The molecule has 2 rings (SSSR count). The zero-order valence-electron chi connectivity index (χ0n) is 10.3. The maximum absolute atomic E-state index is 9.80. The number of rotatable bonds is 3. The van der Waals surface area contributed by atoms with Crippen LogP contribution in [0.2, 0.25) is 0 Å². The lowest BCUT2D eigenvalue weighted by atomic mass is 10.1. The van der Waals surface area contributed by atoms with Crippen LogP contribution in [-0.2, 0) is 4.74 Å². The predicted octanol–water partition coefficient (Wildman–Crippen LogP) is 2.20. The smallest absolute Gasteiger partial charge is 0.220 e. The number of hydrogen-bond donors (Lipinski definition) is 1. The largest absolute Gasteiger partial charge is 0.507 e. The van der Waals surface area contributed by atoms with Crippen molar-refractivity contribution in [2.24, 2.45) is 10.9 Å². The zero-order valence-corrected chi connectivity index (χ0v) is 10.3. The lowest BCUT2D eigenvalue weighted by Crippen LogP contribution is -2.20. The number of ether oxygens (including phenoxy) is 2. The fourth-order valence-electron chi connectivity index (χ4n) is 1.70. The zero-order chi connectivity index (χ0) is 12.4. The van der Waals surface area contributed by atoms with Crippen LogP contribution in [0.5, 0.6) is 11.5 Å². The second kappa shape index (κ2) is 4.65. The van der Waals surface area contributed by atoms with E-state index in [1.807, 2.05) is 0 Å². The van der Waals surface area contributed by atoms with Crippen molar-refractivity contribution >= 4 is 5.90 Å². The first-order valence-corrected chi connectivity index (χ1v) is 5.70. The van der Waals surface area contributed by atoms with Crippen LogP contribution in [0.25, 0.3) is 0 Å². The standard InChI is InChI=1S/C13H17NO3/c1-8(2)12-7-14-13(17-12)10-6-9(16-3)4-5-11(10)15/h4-6,8,12,15H,7H2,1-3H3/t12-/m1/s1. The van der Waals surface area contributed by atoms with Crippen molar-refractivity contribution in [1.29, 1.82) is 0 Å². The molecule has 1 aliphatic rings. The number of nitrogens with zero attached hydrogens (tertiary/aromatic N) is 1. The van der Waals surface area contributed by atoms with Gasteiger partial charge in [-0.3, -0.25) is 0 Å². The molecule has 0 unspecified atom stereocenters. The van der Waals surface area contributed by atoms with Gasteiger partial charge in [-0.05, 0) is 24.1 Å². The van der Waals surface area contributed by atoms with Crippen LogP contribution in [0.15, 0.2) is 23.2 Å². The molecule has 0 amide bonds. The molecule has 92 valence electrons. The molecular formula is C13H17NO3. The molecule has 1 atom stereocenters. The summed E-state index contributed by atoms with van der Waals surface area (Å²) < 4.78 is 10.8. The van der Waals surface area contributed by atoms with Gasteiger partial charge in [0.2, 0.25) is 5.90 Å². The second-order valence-corrected chi connectivity index (χ2v) is 4.43. The highest BCUT2D eigenvalue weighted by Gasteiger charge is 2.25. The van der Waals surface area contributed by atoms with Gasteiger partial charge in [0.25, 0.3) is 0 Å². The summed E-state index contributed by atoms with van der Waals surface area (Å²) in [6.07, 6.45) is 0.0931. The van der Waals surface area contributed by atoms with Gasteiger partial charge in [-0.15, -0.1) is 0 Å². The van der Waals surface area contributed by atoms with Gasteiger partial charge in [-0.25, -0.2) is 4.99 Å². The van der Waals surface area contributed by atoms with Crippen LogP contribution in [0, 0.1) is 5.92 Å². The van der Waals surface area contributed by atoms with Gasteiger partial charge in [0, 0.05) is 0 Å². The number of aliphatic imine (C=N–C) groups is 1. The SMILES string of the molecule is COc1ccc(O)c(C2=NC[C@H](C(C)C)O2)c1. The minimum absolute atomic E-state index is 0.0931. The molecule has 1 heterocycles. The van der Waals surface area contributed by atoms with Crippen molar-refractivity contribution in [3.63, 3.8) is 0 Å². The highest BCUT2D eigenvalue weighted by atomic mass is 16.5. The van der Waals surface area contributed by atoms with E-state index >= 15 is 0 Å². The summed E-state index contributed by atoms with van der Waals surface area (Å²) in [6, 6.07) is 5.02. The first-order chi connectivity index (χ1) is 8.11. The van der Waals surface area contributed by atoms with Crippen molar-refractivity contribution < 1.29 is 14.6 Å². The molecule has 0 spiro atoms. The van der Waals surface area contributed by atoms with Gasteiger partial charge in [0.1, 0.15) is 17.6 Å². The average Bonchev–Trinajstić information content (AvgIpc) is 2.79. The molecule has 0 radical (unpaired) electrons. The Kier molecular flexibility index (Phi) is 3.22. The maximum Gasteiger partial charge on any atom is 0.220 e. The molecular weight excluding hydrogens is 218 g/mol. The van der Waals surface area contributed by atoms with E-state index in [0.717, 1.165) is 0 Å². The topological polar surface area (TPSA) is 51.0 Å². The van der Waals surface area contributed by atoms with Crippen molar-refractivity contribution in [2.75, 3.05) is 13.7 Å². The number of phenols is 1. The van der Waals surface area contributed by atoms with E-state index in [2.05, 4.69) is 18.8 Å². The minimum Gasteiger partial charge on any atom is -0.507 e. The molecule has 1 aromatic carbocycles. The Morgan fingerprint density at radius 3 is 2.82 bits per heavy atom. The molecule has 0 aromatic heterocycles. The molecule has 0 saturated heterocycles. The Morgan fingerprint density at radius 2 is 2.24 bits per heavy atom. The molecule has 0 aliphatic carbocycles. The summed E-state index contributed by atoms with van der Waals surface area (Å²) in [5.74, 6) is 1.75. The molecule has 1 aliphatic heterocycles. The van der Waals surface area contributed by atoms with E-state index in [1.54, 1.807) is 25.3 Å². The van der Waals surface area contributed by atoms with Crippen LogP contribution in [0.3, 0.4) is 0 Å². The van der Waals surface area contributed by atoms with Gasteiger partial charge in [-0.1, -0.05) is 13.8 Å². The van der Waals surface area contributed by atoms with E-state index in [-0.39, 0.29) is 11.9 Å². The fourth-order valence-corrected chi connectivity index (χ4v) is 1.70. The van der Waals surface area contributed by atoms with E-state index in [4.69, 9.17) is 9.47 Å². The number of benzene rings is 1. The lowest BCUT2D eigenvalue weighted by molar-refractivity contribution is 0.171. The van der Waals surface area contributed by atoms with Crippen molar-refractivity contribution in [3.05, 3.63) is 23.8 Å². The average molecular weight is 235 g/mol. The fraction of sp³-hybridized carbons (Fsp3) is 0.462. The molecule has 4 nitrogen and oxygen atoms in total. The first-order valence-electron chi connectivity index (χ1n) is 5.70. The summed E-state index contributed by atoms with van der Waals surface area (Å²) in [5, 5.41) is 9.80. The number of aromatic hydroxyl groups is 1. The number of phenolic OH excluding ortho intramolecular Hbond substituents is 1. The second-order valence-electron chi connectivity index (χ2n) is 4.43. The first kappa shape index (κ1) is 11.8. The molecule has 17 heavy (non-hydrogen) atoms. The molecule has 0 saturated carbocycles. The van der Waals surface area contributed by atoms with Gasteiger partial charge in [0.15, 0.2) is 0 Å². The number of methoxy groups -OCH3 is 1. The van der Waals surface area contributed by atoms with Crippen molar-refractivity contribution in [3.8, 4) is 11.5 Å². The van der Waals surface area contributed by atoms with Crippen LogP contribution in [-0.4, -0.2) is 30.8 Å².